The van der Waals surface area contributed by atoms with Crippen LogP contribution in [0.2, 0.25) is 0 Å². The Balaban J connectivity index is 2.10. The molecule has 22 heavy (non-hydrogen) atoms. The summed E-state index contributed by atoms with van der Waals surface area (Å²) in [5.41, 5.74) is 2.51. The van der Waals surface area contributed by atoms with Crippen LogP contribution in [0.5, 0.6) is 5.75 Å². The van der Waals surface area contributed by atoms with Crippen molar-refractivity contribution >= 4 is 23.1 Å². The average Bonchev–Trinajstić information content (AvgIpc) is 2.51. The minimum Gasteiger partial charge on any atom is -0.497 e. The van der Waals surface area contributed by atoms with Gasteiger partial charge in [0.05, 0.1) is 18.5 Å². The molecule has 0 aromatic heterocycles. The summed E-state index contributed by atoms with van der Waals surface area (Å²) in [6.07, 6.45) is 0. The molecular formula is C18H22N2OS. The number of nitrogens with zero attached hydrogens (tertiary/aromatic N) is 2. The van der Waals surface area contributed by atoms with Crippen molar-refractivity contribution in [3.8, 4) is 5.75 Å². The van der Waals surface area contributed by atoms with Gasteiger partial charge in [-0.2, -0.15) is 0 Å². The Kier molecular flexibility index (Phi) is 4.32. The molecule has 0 saturated heterocycles. The SMILES string of the molecule is COc1ccc2c(c1)N(C(C)CN(C)C)c1ccccc1S2. The lowest BCUT2D eigenvalue weighted by molar-refractivity contribution is 0.379. The molecule has 3 nitrogen and oxygen atoms in total. The smallest absolute Gasteiger partial charge is 0.121 e. The second-order valence-electron chi connectivity index (χ2n) is 5.88. The molecule has 2 aromatic carbocycles. The zero-order valence-corrected chi connectivity index (χ0v) is 14.4. The Labute approximate surface area is 136 Å². The van der Waals surface area contributed by atoms with E-state index in [-0.39, 0.29) is 0 Å². The maximum absolute atomic E-state index is 5.43. The molecule has 0 amide bonds. The van der Waals surface area contributed by atoms with Crippen LogP contribution in [0.1, 0.15) is 6.92 Å². The van der Waals surface area contributed by atoms with Gasteiger partial charge in [-0.3, -0.25) is 0 Å². The van der Waals surface area contributed by atoms with Crippen LogP contribution in [-0.2, 0) is 0 Å². The van der Waals surface area contributed by atoms with Crippen LogP contribution in [-0.4, -0.2) is 38.7 Å². The summed E-state index contributed by atoms with van der Waals surface area (Å²) >= 11 is 1.83. The first kappa shape index (κ1) is 15.3. The van der Waals surface area contributed by atoms with Crippen LogP contribution in [0.3, 0.4) is 0 Å². The van der Waals surface area contributed by atoms with Gasteiger partial charge in [-0.05, 0) is 45.3 Å². The lowest BCUT2D eigenvalue weighted by Gasteiger charge is -2.38. The van der Waals surface area contributed by atoms with Crippen molar-refractivity contribution in [2.24, 2.45) is 0 Å². The van der Waals surface area contributed by atoms with E-state index in [1.807, 2.05) is 17.8 Å². The minimum atomic E-state index is 0.378. The normalized spacial score (nSPS) is 14.5. The number of hydrogen-bond acceptors (Lipinski definition) is 4. The monoisotopic (exact) mass is 314 g/mol. The molecule has 0 bridgehead atoms. The first-order valence-electron chi connectivity index (χ1n) is 7.49. The molecule has 0 fully saturated rings. The van der Waals surface area contributed by atoms with Crippen molar-refractivity contribution in [1.82, 2.24) is 4.90 Å². The predicted molar refractivity (Wildman–Crippen MR) is 93.7 cm³/mol. The molecule has 4 heteroatoms. The second-order valence-corrected chi connectivity index (χ2v) is 6.97. The fraction of sp³-hybridized carbons (Fsp3) is 0.333. The summed E-state index contributed by atoms with van der Waals surface area (Å²) < 4.78 is 5.43. The zero-order valence-electron chi connectivity index (χ0n) is 13.5. The molecule has 0 aliphatic carbocycles. The Hall–Kier alpha value is -1.65. The fourth-order valence-corrected chi connectivity index (χ4v) is 4.03. The molecule has 0 radical (unpaired) electrons. The topological polar surface area (TPSA) is 15.7 Å². The van der Waals surface area contributed by atoms with Crippen molar-refractivity contribution < 1.29 is 4.74 Å². The molecule has 0 spiro atoms. The van der Waals surface area contributed by atoms with Crippen LogP contribution in [0.4, 0.5) is 11.4 Å². The summed E-state index contributed by atoms with van der Waals surface area (Å²) in [5.74, 6) is 0.904. The highest BCUT2D eigenvalue weighted by Gasteiger charge is 2.27. The van der Waals surface area contributed by atoms with Gasteiger partial charge >= 0.3 is 0 Å². The van der Waals surface area contributed by atoms with Gasteiger partial charge < -0.3 is 14.5 Å². The Morgan fingerprint density at radius 3 is 2.55 bits per heavy atom. The van der Waals surface area contributed by atoms with Crippen LogP contribution < -0.4 is 9.64 Å². The molecule has 1 unspecified atom stereocenters. The number of rotatable bonds is 4. The van der Waals surface area contributed by atoms with Crippen LogP contribution in [0.15, 0.2) is 52.3 Å². The maximum atomic E-state index is 5.43. The number of fused-ring (bicyclic) bond motifs is 2. The second kappa shape index (κ2) is 6.23. The standard InChI is InChI=1S/C18H22N2OS/c1-13(12-19(2)3)20-15-7-5-6-8-17(15)22-18-10-9-14(21-4)11-16(18)20/h5-11,13H,12H2,1-4H3. The van der Waals surface area contributed by atoms with Crippen LogP contribution in [0.25, 0.3) is 0 Å². The van der Waals surface area contributed by atoms with E-state index in [1.54, 1.807) is 7.11 Å². The van der Waals surface area contributed by atoms with Gasteiger partial charge in [0.2, 0.25) is 0 Å². The third kappa shape index (κ3) is 2.81. The molecule has 1 atom stereocenters. The maximum Gasteiger partial charge on any atom is 0.121 e. The number of methoxy groups -OCH3 is 1. The molecule has 1 aliphatic rings. The van der Waals surface area contributed by atoms with E-state index in [0.29, 0.717) is 6.04 Å². The van der Waals surface area contributed by atoms with E-state index < -0.39 is 0 Å². The number of benzene rings is 2. The highest BCUT2D eigenvalue weighted by Crippen LogP contribution is 2.49. The van der Waals surface area contributed by atoms with Gasteiger partial charge in [-0.25, -0.2) is 0 Å². The summed E-state index contributed by atoms with van der Waals surface area (Å²) in [6, 6.07) is 15.3. The van der Waals surface area contributed by atoms with Crippen molar-refractivity contribution in [2.45, 2.75) is 22.8 Å². The first-order valence-corrected chi connectivity index (χ1v) is 8.30. The number of para-hydroxylation sites is 1. The van der Waals surface area contributed by atoms with Gasteiger partial charge in [0.1, 0.15) is 5.75 Å². The molecule has 0 saturated carbocycles. The minimum absolute atomic E-state index is 0.378. The zero-order chi connectivity index (χ0) is 15.7. The predicted octanol–water partition coefficient (Wildman–Crippen LogP) is 4.25. The number of ether oxygens (including phenoxy) is 1. The van der Waals surface area contributed by atoms with Crippen molar-refractivity contribution in [2.75, 3.05) is 32.6 Å². The molecule has 3 rings (SSSR count). The Morgan fingerprint density at radius 1 is 1.09 bits per heavy atom. The van der Waals surface area contributed by atoms with Crippen LogP contribution >= 0.6 is 11.8 Å². The molecule has 1 heterocycles. The quantitative estimate of drug-likeness (QED) is 0.838. The lowest BCUT2D eigenvalue weighted by Crippen LogP contribution is -2.38. The Morgan fingerprint density at radius 2 is 1.82 bits per heavy atom. The molecular weight excluding hydrogens is 292 g/mol. The van der Waals surface area contributed by atoms with Crippen molar-refractivity contribution in [3.63, 3.8) is 0 Å². The highest BCUT2D eigenvalue weighted by atomic mass is 32.2. The summed E-state index contributed by atoms with van der Waals surface area (Å²) in [7, 11) is 5.96. The Bertz CT molecular complexity index is 672. The number of hydrogen-bond donors (Lipinski definition) is 0. The molecule has 0 N–H and O–H groups in total. The summed E-state index contributed by atoms with van der Waals surface area (Å²) in [6.45, 7) is 3.27. The lowest BCUT2D eigenvalue weighted by atomic mass is 10.1. The molecule has 1 aliphatic heterocycles. The number of likely N-dealkylation sites (N-methyl/N-ethyl adjacent to an activating group) is 1. The van der Waals surface area contributed by atoms with E-state index in [0.717, 1.165) is 12.3 Å². The van der Waals surface area contributed by atoms with Gasteiger partial charge in [0, 0.05) is 28.4 Å². The largest absolute Gasteiger partial charge is 0.497 e. The first-order chi connectivity index (χ1) is 10.6. The summed E-state index contributed by atoms with van der Waals surface area (Å²) in [5, 5.41) is 0. The van der Waals surface area contributed by atoms with Gasteiger partial charge in [-0.15, -0.1) is 0 Å². The van der Waals surface area contributed by atoms with E-state index in [4.69, 9.17) is 4.74 Å². The van der Waals surface area contributed by atoms with E-state index in [2.05, 4.69) is 67.2 Å². The number of anilines is 2. The van der Waals surface area contributed by atoms with Gasteiger partial charge in [0.15, 0.2) is 0 Å². The highest BCUT2D eigenvalue weighted by molar-refractivity contribution is 7.99. The van der Waals surface area contributed by atoms with Crippen molar-refractivity contribution in [1.29, 1.82) is 0 Å². The van der Waals surface area contributed by atoms with E-state index in [9.17, 15) is 0 Å². The van der Waals surface area contributed by atoms with Gasteiger partial charge in [0.25, 0.3) is 0 Å². The van der Waals surface area contributed by atoms with E-state index in [1.165, 1.54) is 21.2 Å². The van der Waals surface area contributed by atoms with Crippen molar-refractivity contribution in [3.05, 3.63) is 42.5 Å². The average molecular weight is 314 g/mol. The third-order valence-corrected chi connectivity index (χ3v) is 4.97. The fourth-order valence-electron chi connectivity index (χ4n) is 2.97. The molecule has 2 aromatic rings. The van der Waals surface area contributed by atoms with E-state index >= 15 is 0 Å². The van der Waals surface area contributed by atoms with Gasteiger partial charge in [-0.1, -0.05) is 23.9 Å². The van der Waals surface area contributed by atoms with Crippen LogP contribution in [0, 0.1) is 0 Å². The molecule has 116 valence electrons. The third-order valence-electron chi connectivity index (χ3n) is 3.84. The summed E-state index contributed by atoms with van der Waals surface area (Å²) in [4.78, 5) is 7.26.